The Morgan fingerprint density at radius 3 is 2.48 bits per heavy atom. The van der Waals surface area contributed by atoms with Crippen molar-refractivity contribution in [3.8, 4) is 5.75 Å². The number of carbonyl (C=O) groups is 1. The molecular formula is C22H29N3O2. The topological polar surface area (TPSA) is 44.8 Å². The number of hydrogen-bond acceptors (Lipinski definition) is 4. The van der Waals surface area contributed by atoms with Crippen molar-refractivity contribution in [2.45, 2.75) is 18.9 Å². The highest BCUT2D eigenvalue weighted by atomic mass is 16.5. The van der Waals surface area contributed by atoms with Gasteiger partial charge in [-0.05, 0) is 61.8 Å². The fraction of sp³-hybridized carbons (Fsp3) is 0.409. The van der Waals surface area contributed by atoms with E-state index in [1.807, 2.05) is 32.3 Å². The van der Waals surface area contributed by atoms with E-state index in [-0.39, 0.29) is 11.9 Å². The molecule has 1 heterocycles. The Balaban J connectivity index is 1.72. The molecule has 1 aliphatic heterocycles. The van der Waals surface area contributed by atoms with Crippen molar-refractivity contribution in [1.29, 1.82) is 0 Å². The zero-order chi connectivity index (χ0) is 19.2. The molecule has 1 aliphatic rings. The highest BCUT2D eigenvalue weighted by molar-refractivity contribution is 5.94. The molecule has 0 aliphatic carbocycles. The third-order valence-electron chi connectivity index (χ3n) is 5.16. The predicted molar refractivity (Wildman–Crippen MR) is 110 cm³/mol. The summed E-state index contributed by atoms with van der Waals surface area (Å²) in [6.45, 7) is 2.75. The van der Waals surface area contributed by atoms with Gasteiger partial charge in [-0.3, -0.25) is 9.69 Å². The maximum absolute atomic E-state index is 12.6. The number of nitrogens with zero attached hydrogens (tertiary/aromatic N) is 2. The Bertz CT molecular complexity index is 752. The Hall–Kier alpha value is -2.53. The average Bonchev–Trinajstić information content (AvgIpc) is 3.23. The van der Waals surface area contributed by atoms with Crippen molar-refractivity contribution in [3.05, 3.63) is 59.7 Å². The number of anilines is 1. The molecule has 5 nitrogen and oxygen atoms in total. The molecule has 0 radical (unpaired) electrons. The molecule has 2 aromatic carbocycles. The van der Waals surface area contributed by atoms with E-state index in [4.69, 9.17) is 4.74 Å². The minimum Gasteiger partial charge on any atom is -0.497 e. The summed E-state index contributed by atoms with van der Waals surface area (Å²) in [6, 6.07) is 16.1. The number of likely N-dealkylation sites (tertiary alicyclic amines) is 1. The van der Waals surface area contributed by atoms with Crippen molar-refractivity contribution >= 4 is 11.6 Å². The van der Waals surface area contributed by atoms with Crippen LogP contribution in [0.25, 0.3) is 0 Å². The largest absolute Gasteiger partial charge is 0.497 e. The first-order chi connectivity index (χ1) is 13.1. The summed E-state index contributed by atoms with van der Waals surface area (Å²) in [7, 11) is 5.69. The molecule has 1 saturated heterocycles. The van der Waals surface area contributed by atoms with Crippen LogP contribution in [0.15, 0.2) is 48.5 Å². The van der Waals surface area contributed by atoms with E-state index < -0.39 is 0 Å². The third-order valence-corrected chi connectivity index (χ3v) is 5.16. The Labute approximate surface area is 161 Å². The average molecular weight is 367 g/mol. The van der Waals surface area contributed by atoms with Crippen molar-refractivity contribution in [1.82, 2.24) is 10.2 Å². The molecule has 5 heteroatoms. The Morgan fingerprint density at radius 1 is 1.15 bits per heavy atom. The normalized spacial score (nSPS) is 15.4. The van der Waals surface area contributed by atoms with Gasteiger partial charge in [0.1, 0.15) is 5.75 Å². The quantitative estimate of drug-likeness (QED) is 0.815. The highest BCUT2D eigenvalue weighted by Crippen LogP contribution is 2.26. The lowest BCUT2D eigenvalue weighted by atomic mass is 10.0. The number of amides is 1. The van der Waals surface area contributed by atoms with Gasteiger partial charge in [0, 0.05) is 31.9 Å². The molecule has 0 spiro atoms. The van der Waals surface area contributed by atoms with Gasteiger partial charge in [-0.25, -0.2) is 0 Å². The van der Waals surface area contributed by atoms with E-state index in [1.165, 1.54) is 24.1 Å². The van der Waals surface area contributed by atoms with E-state index in [0.717, 1.165) is 13.1 Å². The first-order valence-corrected chi connectivity index (χ1v) is 9.52. The summed E-state index contributed by atoms with van der Waals surface area (Å²) >= 11 is 0. The molecule has 3 rings (SSSR count). The van der Waals surface area contributed by atoms with E-state index >= 15 is 0 Å². The van der Waals surface area contributed by atoms with Gasteiger partial charge >= 0.3 is 0 Å². The molecule has 1 unspecified atom stereocenters. The van der Waals surface area contributed by atoms with E-state index in [9.17, 15) is 4.79 Å². The van der Waals surface area contributed by atoms with Crippen LogP contribution in [0.2, 0.25) is 0 Å². The van der Waals surface area contributed by atoms with E-state index in [2.05, 4.69) is 39.4 Å². The maximum Gasteiger partial charge on any atom is 0.251 e. The van der Waals surface area contributed by atoms with Crippen LogP contribution in [0.5, 0.6) is 5.75 Å². The molecule has 0 saturated carbocycles. The minimum atomic E-state index is -0.0667. The fourth-order valence-corrected chi connectivity index (χ4v) is 3.56. The van der Waals surface area contributed by atoms with Crippen molar-refractivity contribution in [2.75, 3.05) is 45.7 Å². The summed E-state index contributed by atoms with van der Waals surface area (Å²) in [5.74, 6) is 0.626. The molecule has 144 valence electrons. The van der Waals surface area contributed by atoms with Crippen molar-refractivity contribution in [3.63, 3.8) is 0 Å². The van der Waals surface area contributed by atoms with Crippen molar-refractivity contribution < 1.29 is 9.53 Å². The zero-order valence-electron chi connectivity index (χ0n) is 16.4. The highest BCUT2D eigenvalue weighted by Gasteiger charge is 2.24. The minimum absolute atomic E-state index is 0.0667. The number of methoxy groups -OCH3 is 1. The molecule has 1 atom stereocenters. The summed E-state index contributed by atoms with van der Waals surface area (Å²) < 4.78 is 5.22. The lowest BCUT2D eigenvalue weighted by Crippen LogP contribution is -2.36. The molecule has 27 heavy (non-hydrogen) atoms. The Kier molecular flexibility index (Phi) is 6.35. The molecule has 1 N–H and O–H groups in total. The van der Waals surface area contributed by atoms with Crippen molar-refractivity contribution in [2.24, 2.45) is 0 Å². The van der Waals surface area contributed by atoms with Gasteiger partial charge in [-0.2, -0.15) is 0 Å². The second-order valence-corrected chi connectivity index (χ2v) is 7.19. The molecule has 1 fully saturated rings. The van der Waals surface area contributed by atoms with Crippen LogP contribution in [0.4, 0.5) is 5.69 Å². The maximum atomic E-state index is 12.6. The lowest BCUT2D eigenvalue weighted by Gasteiger charge is -2.28. The lowest BCUT2D eigenvalue weighted by molar-refractivity contribution is 0.0937. The second-order valence-electron chi connectivity index (χ2n) is 7.19. The summed E-state index contributed by atoms with van der Waals surface area (Å²) in [6.07, 6.45) is 2.44. The second kappa shape index (κ2) is 8.91. The van der Waals surface area contributed by atoms with Gasteiger partial charge in [0.05, 0.1) is 13.2 Å². The summed E-state index contributed by atoms with van der Waals surface area (Å²) in [5, 5.41) is 3.12. The predicted octanol–water partition coefficient (Wildman–Crippen LogP) is 3.33. The van der Waals surface area contributed by atoms with E-state index in [0.29, 0.717) is 17.9 Å². The van der Waals surface area contributed by atoms with Crippen LogP contribution >= 0.6 is 0 Å². The number of rotatable bonds is 7. The number of hydrogen-bond donors (Lipinski definition) is 1. The van der Waals surface area contributed by atoms with E-state index in [1.54, 1.807) is 13.2 Å². The summed E-state index contributed by atoms with van der Waals surface area (Å²) in [5.41, 5.74) is 3.05. The van der Waals surface area contributed by atoms with Crippen LogP contribution in [0.3, 0.4) is 0 Å². The number of benzene rings is 2. The summed E-state index contributed by atoms with van der Waals surface area (Å²) in [4.78, 5) is 17.2. The van der Waals surface area contributed by atoms with Gasteiger partial charge in [-0.1, -0.05) is 18.2 Å². The van der Waals surface area contributed by atoms with Gasteiger partial charge in [0.25, 0.3) is 5.91 Å². The van der Waals surface area contributed by atoms with Crippen LogP contribution in [0, 0.1) is 0 Å². The van der Waals surface area contributed by atoms with Gasteiger partial charge in [0.2, 0.25) is 0 Å². The molecule has 0 bridgehead atoms. The van der Waals surface area contributed by atoms with Crippen LogP contribution in [0.1, 0.15) is 34.8 Å². The van der Waals surface area contributed by atoms with Gasteiger partial charge < -0.3 is 15.0 Å². The Morgan fingerprint density at radius 2 is 1.85 bits per heavy atom. The number of carbonyl (C=O) groups excluding carboxylic acids is 1. The first kappa shape index (κ1) is 19.2. The number of nitrogens with one attached hydrogen (secondary N) is 1. The van der Waals surface area contributed by atoms with Crippen LogP contribution < -0.4 is 15.0 Å². The molecule has 1 amide bonds. The standard InChI is InChI=1S/C22H29N3O2/c1-24(2)19-11-9-17(10-12-19)21(25-13-4-5-14-25)16-23-22(26)18-7-6-8-20(15-18)27-3/h6-12,15,21H,4-5,13-14,16H2,1-3H3,(H,23,26). The van der Waals surface area contributed by atoms with Gasteiger partial charge in [-0.15, -0.1) is 0 Å². The fourth-order valence-electron chi connectivity index (χ4n) is 3.56. The third kappa shape index (κ3) is 4.80. The molecule has 0 aromatic heterocycles. The molecule has 2 aromatic rings. The van der Waals surface area contributed by atoms with Gasteiger partial charge in [0.15, 0.2) is 0 Å². The zero-order valence-corrected chi connectivity index (χ0v) is 16.4. The van der Waals surface area contributed by atoms with Crippen LogP contribution in [-0.2, 0) is 0 Å². The molecular weight excluding hydrogens is 338 g/mol. The SMILES string of the molecule is COc1cccc(C(=O)NCC(c2ccc(N(C)C)cc2)N2CCCC2)c1. The monoisotopic (exact) mass is 367 g/mol. The smallest absolute Gasteiger partial charge is 0.251 e. The van der Waals surface area contributed by atoms with Crippen LogP contribution in [-0.4, -0.2) is 51.6 Å². The number of ether oxygens (including phenoxy) is 1. The first-order valence-electron chi connectivity index (χ1n) is 9.52.